The summed E-state index contributed by atoms with van der Waals surface area (Å²) in [6, 6.07) is 14.6. The fourth-order valence-electron chi connectivity index (χ4n) is 2.75. The first-order chi connectivity index (χ1) is 11.5. The molecule has 5 nitrogen and oxygen atoms in total. The molecule has 2 amide bonds. The van der Waals surface area contributed by atoms with Gasteiger partial charge in [0.2, 0.25) is 5.60 Å². The summed E-state index contributed by atoms with van der Waals surface area (Å²) in [6.45, 7) is 0.296. The number of benzene rings is 2. The molecule has 0 saturated carbocycles. The van der Waals surface area contributed by atoms with Crippen molar-refractivity contribution in [3.63, 3.8) is 0 Å². The third-order valence-electron chi connectivity index (χ3n) is 4.08. The molecule has 1 fully saturated rings. The van der Waals surface area contributed by atoms with Gasteiger partial charge in [0.1, 0.15) is 5.82 Å². The second-order valence-electron chi connectivity index (χ2n) is 5.72. The summed E-state index contributed by atoms with van der Waals surface area (Å²) in [5, 5.41) is 13.0. The number of anilines is 1. The second kappa shape index (κ2) is 6.41. The van der Waals surface area contributed by atoms with Crippen LogP contribution in [-0.2, 0) is 16.1 Å². The van der Waals surface area contributed by atoms with Crippen LogP contribution < -0.4 is 10.2 Å². The van der Waals surface area contributed by atoms with Crippen LogP contribution in [0, 0.1) is 5.82 Å². The Balaban J connectivity index is 1.69. The molecule has 0 spiro atoms. The Labute approximate surface area is 138 Å². The maximum atomic E-state index is 13.1. The highest BCUT2D eigenvalue weighted by Gasteiger charge is 2.51. The van der Waals surface area contributed by atoms with Crippen molar-refractivity contribution in [1.82, 2.24) is 5.32 Å². The number of carbonyl (C=O) groups is 2. The maximum absolute atomic E-state index is 13.1. The molecule has 1 unspecified atom stereocenters. The number of nitrogens with zero attached hydrogens (tertiary/aromatic N) is 1. The van der Waals surface area contributed by atoms with Crippen LogP contribution in [-0.4, -0.2) is 29.1 Å². The summed E-state index contributed by atoms with van der Waals surface area (Å²) in [5.74, 6) is -1.83. The number of carbonyl (C=O) groups excluding carboxylic acids is 2. The molecule has 0 radical (unpaired) electrons. The van der Waals surface area contributed by atoms with E-state index in [1.807, 2.05) is 6.07 Å². The molecule has 24 heavy (non-hydrogen) atoms. The van der Waals surface area contributed by atoms with E-state index in [9.17, 15) is 19.1 Å². The lowest BCUT2D eigenvalue weighted by molar-refractivity contribution is -0.149. The molecule has 0 aromatic heterocycles. The molecular weight excluding hydrogens is 311 g/mol. The number of hydrogen-bond acceptors (Lipinski definition) is 3. The van der Waals surface area contributed by atoms with Gasteiger partial charge in [-0.3, -0.25) is 9.59 Å². The van der Waals surface area contributed by atoms with Gasteiger partial charge in [0.15, 0.2) is 0 Å². The van der Waals surface area contributed by atoms with E-state index < -0.39 is 23.2 Å². The van der Waals surface area contributed by atoms with Crippen molar-refractivity contribution in [2.75, 3.05) is 11.4 Å². The van der Waals surface area contributed by atoms with Gasteiger partial charge < -0.3 is 15.3 Å². The van der Waals surface area contributed by atoms with E-state index in [0.29, 0.717) is 11.3 Å². The van der Waals surface area contributed by atoms with E-state index in [4.69, 9.17) is 0 Å². The first-order valence-corrected chi connectivity index (χ1v) is 7.63. The van der Waals surface area contributed by atoms with Crippen molar-refractivity contribution < 1.29 is 19.1 Å². The molecule has 1 aliphatic heterocycles. The largest absolute Gasteiger partial charge is 0.372 e. The second-order valence-corrected chi connectivity index (χ2v) is 5.72. The predicted octanol–water partition coefficient (Wildman–Crippen LogP) is 1.61. The minimum absolute atomic E-state index is 0.00963. The molecule has 0 bridgehead atoms. The molecule has 0 aliphatic carbocycles. The first-order valence-electron chi connectivity index (χ1n) is 7.63. The average Bonchev–Trinajstić information content (AvgIpc) is 2.90. The van der Waals surface area contributed by atoms with Crippen molar-refractivity contribution in [1.29, 1.82) is 0 Å². The zero-order valence-corrected chi connectivity index (χ0v) is 12.9. The molecule has 3 rings (SSSR count). The lowest BCUT2D eigenvalue weighted by atomic mass is 10.0. The summed E-state index contributed by atoms with van der Waals surface area (Å²) in [7, 11) is 0. The van der Waals surface area contributed by atoms with Crippen molar-refractivity contribution in [3.05, 3.63) is 66.0 Å². The molecule has 6 heteroatoms. The number of aliphatic hydroxyl groups is 1. The number of amides is 2. The number of nitrogens with one attached hydrogen (secondary N) is 1. The summed E-state index contributed by atoms with van der Waals surface area (Å²) in [4.78, 5) is 26.2. The Morgan fingerprint density at radius 2 is 1.96 bits per heavy atom. The monoisotopic (exact) mass is 328 g/mol. The fraction of sp³-hybridized carbons (Fsp3) is 0.222. The Bertz CT molecular complexity index is 766. The van der Waals surface area contributed by atoms with Crippen LogP contribution in [0.4, 0.5) is 10.1 Å². The molecule has 2 aromatic carbocycles. The van der Waals surface area contributed by atoms with E-state index >= 15 is 0 Å². The number of rotatable bonds is 4. The number of halogens is 1. The van der Waals surface area contributed by atoms with E-state index in [1.54, 1.807) is 30.3 Å². The summed E-state index contributed by atoms with van der Waals surface area (Å²) < 4.78 is 13.1. The third-order valence-corrected chi connectivity index (χ3v) is 4.08. The van der Waals surface area contributed by atoms with Gasteiger partial charge in [0.25, 0.3) is 11.8 Å². The van der Waals surface area contributed by atoms with Crippen LogP contribution in [0.2, 0.25) is 0 Å². The highest BCUT2D eigenvalue weighted by molar-refractivity contribution is 6.16. The molecule has 2 aromatic rings. The van der Waals surface area contributed by atoms with Crippen LogP contribution in [0.25, 0.3) is 0 Å². The minimum Gasteiger partial charge on any atom is -0.372 e. The van der Waals surface area contributed by atoms with E-state index in [2.05, 4.69) is 5.32 Å². The Morgan fingerprint density at radius 1 is 1.21 bits per heavy atom. The first kappa shape index (κ1) is 16.1. The van der Waals surface area contributed by atoms with Gasteiger partial charge in [0, 0.05) is 25.2 Å². The highest BCUT2D eigenvalue weighted by Crippen LogP contribution is 2.28. The van der Waals surface area contributed by atoms with Crippen LogP contribution in [0.1, 0.15) is 12.0 Å². The molecule has 124 valence electrons. The molecular formula is C18H17FN2O3. The molecule has 1 aliphatic rings. The van der Waals surface area contributed by atoms with Gasteiger partial charge in [0.05, 0.1) is 0 Å². The van der Waals surface area contributed by atoms with Gasteiger partial charge in [-0.1, -0.05) is 30.3 Å². The fourth-order valence-corrected chi connectivity index (χ4v) is 2.75. The summed E-state index contributed by atoms with van der Waals surface area (Å²) >= 11 is 0. The molecule has 1 atom stereocenters. The van der Waals surface area contributed by atoms with Crippen LogP contribution >= 0.6 is 0 Å². The Kier molecular flexibility index (Phi) is 4.31. The highest BCUT2D eigenvalue weighted by atomic mass is 19.1. The van der Waals surface area contributed by atoms with Gasteiger partial charge >= 0.3 is 0 Å². The van der Waals surface area contributed by atoms with Crippen molar-refractivity contribution in [2.45, 2.75) is 18.6 Å². The van der Waals surface area contributed by atoms with Crippen LogP contribution in [0.3, 0.4) is 0 Å². The zero-order chi connectivity index (χ0) is 17.2. The normalized spacial score (nSPS) is 20.2. The Hall–Kier alpha value is -2.73. The van der Waals surface area contributed by atoms with Crippen molar-refractivity contribution >= 4 is 17.5 Å². The van der Waals surface area contributed by atoms with Gasteiger partial charge in [-0.15, -0.1) is 0 Å². The van der Waals surface area contributed by atoms with Gasteiger partial charge in [-0.05, 0) is 29.8 Å². The summed E-state index contributed by atoms with van der Waals surface area (Å²) in [5.41, 5.74) is -0.906. The van der Waals surface area contributed by atoms with E-state index in [0.717, 1.165) is 0 Å². The van der Waals surface area contributed by atoms with Crippen LogP contribution in [0.15, 0.2) is 54.6 Å². The SMILES string of the molecule is O=C(NCc1cccc(F)c1)C1(O)CCN(c2ccccc2)C1=O. The maximum Gasteiger partial charge on any atom is 0.268 e. The summed E-state index contributed by atoms with van der Waals surface area (Å²) in [6.07, 6.45) is 0.00963. The standard InChI is InChI=1S/C18H17FN2O3/c19-14-6-4-5-13(11-14)12-20-16(22)18(24)9-10-21(17(18)23)15-7-2-1-3-8-15/h1-8,11,24H,9-10,12H2,(H,20,22). The lowest BCUT2D eigenvalue weighted by Gasteiger charge is -2.21. The van der Waals surface area contributed by atoms with Crippen molar-refractivity contribution in [3.8, 4) is 0 Å². The van der Waals surface area contributed by atoms with E-state index in [1.165, 1.54) is 23.1 Å². The van der Waals surface area contributed by atoms with Crippen LogP contribution in [0.5, 0.6) is 0 Å². The predicted molar refractivity (Wildman–Crippen MR) is 86.6 cm³/mol. The topological polar surface area (TPSA) is 69.6 Å². The molecule has 2 N–H and O–H groups in total. The average molecular weight is 328 g/mol. The van der Waals surface area contributed by atoms with Gasteiger partial charge in [-0.2, -0.15) is 0 Å². The quantitative estimate of drug-likeness (QED) is 0.838. The van der Waals surface area contributed by atoms with E-state index in [-0.39, 0.29) is 19.5 Å². The zero-order valence-electron chi connectivity index (χ0n) is 12.9. The van der Waals surface area contributed by atoms with Crippen molar-refractivity contribution in [2.24, 2.45) is 0 Å². The lowest BCUT2D eigenvalue weighted by Crippen LogP contribution is -2.52. The number of hydrogen-bond donors (Lipinski definition) is 2. The van der Waals surface area contributed by atoms with Gasteiger partial charge in [-0.25, -0.2) is 4.39 Å². The smallest absolute Gasteiger partial charge is 0.268 e. The Morgan fingerprint density at radius 3 is 2.67 bits per heavy atom. The third kappa shape index (κ3) is 3.00. The molecule has 1 heterocycles. The molecule has 1 saturated heterocycles. The minimum atomic E-state index is -2.09. The number of para-hydroxylation sites is 1.